The normalized spacial score (nSPS) is 17.1. The minimum Gasteiger partial charge on any atom is -0.368 e. The first-order chi connectivity index (χ1) is 18.0. The summed E-state index contributed by atoms with van der Waals surface area (Å²) in [6, 6.07) is 17.7. The van der Waals surface area contributed by atoms with Crippen LogP contribution >= 0.6 is 11.6 Å². The Morgan fingerprint density at radius 2 is 1.68 bits per heavy atom. The van der Waals surface area contributed by atoms with Gasteiger partial charge in [-0.05, 0) is 18.2 Å². The number of halogens is 1. The fourth-order valence-corrected chi connectivity index (χ4v) is 4.92. The van der Waals surface area contributed by atoms with Gasteiger partial charge in [0.05, 0.1) is 22.1 Å². The average molecular weight is 517 g/mol. The zero-order chi connectivity index (χ0) is 25.8. The van der Waals surface area contributed by atoms with E-state index >= 15 is 0 Å². The number of amides is 2. The Morgan fingerprint density at radius 3 is 2.41 bits per heavy atom. The van der Waals surface area contributed by atoms with E-state index in [9.17, 15) is 9.59 Å². The zero-order valence-electron chi connectivity index (χ0n) is 20.7. The van der Waals surface area contributed by atoms with Crippen LogP contribution in [0.5, 0.6) is 0 Å². The summed E-state index contributed by atoms with van der Waals surface area (Å²) >= 11 is 6.38. The van der Waals surface area contributed by atoms with Gasteiger partial charge in [-0.3, -0.25) is 14.6 Å². The number of benzene rings is 2. The standard InChI is InChI=1S/C28H29ClN6O2/c1-19(36)30-11-12-31-27-21-17-23(20-7-3-2-4-8-20)32-24(21)18-25(33-27)28(37)35-15-13-34(14-16-35)26-10-6-5-9-22(26)29/h2-10,17,31H,11-16,18H2,1H3,(H,30,36). The molecule has 5 rings (SSSR count). The molecule has 1 saturated heterocycles. The maximum atomic E-state index is 13.5. The van der Waals surface area contributed by atoms with Crippen molar-refractivity contribution in [1.29, 1.82) is 0 Å². The first-order valence-corrected chi connectivity index (χ1v) is 12.8. The first-order valence-electron chi connectivity index (χ1n) is 12.4. The number of rotatable bonds is 7. The second-order valence-electron chi connectivity index (χ2n) is 9.09. The van der Waals surface area contributed by atoms with Gasteiger partial charge >= 0.3 is 0 Å². The van der Waals surface area contributed by atoms with Crippen LogP contribution < -0.4 is 15.5 Å². The number of carbonyl (C=O) groups excluding carboxylic acids is 2. The van der Waals surface area contributed by atoms with Gasteiger partial charge in [-0.2, -0.15) is 0 Å². The third kappa shape index (κ3) is 5.59. The molecule has 0 unspecified atom stereocenters. The Morgan fingerprint density at radius 1 is 0.946 bits per heavy atom. The van der Waals surface area contributed by atoms with Crippen LogP contribution in [0.4, 0.5) is 5.69 Å². The topological polar surface area (TPSA) is 89.4 Å². The van der Waals surface area contributed by atoms with Gasteiger partial charge in [0.2, 0.25) is 5.91 Å². The summed E-state index contributed by atoms with van der Waals surface area (Å²) in [6.07, 6.45) is 2.39. The molecule has 37 heavy (non-hydrogen) atoms. The number of anilines is 1. The predicted molar refractivity (Wildman–Crippen MR) is 148 cm³/mol. The minimum atomic E-state index is -0.0900. The Hall–Kier alpha value is -3.91. The third-order valence-corrected chi connectivity index (χ3v) is 6.87. The van der Waals surface area contributed by atoms with Gasteiger partial charge < -0.3 is 20.4 Å². The highest BCUT2D eigenvalue weighted by atomic mass is 35.5. The predicted octanol–water partition coefficient (Wildman–Crippen LogP) is 3.27. The summed E-state index contributed by atoms with van der Waals surface area (Å²) in [5.74, 6) is 0.446. The van der Waals surface area contributed by atoms with Gasteiger partial charge in [-0.15, -0.1) is 0 Å². The molecule has 0 aromatic heterocycles. The van der Waals surface area contributed by atoms with Crippen LogP contribution in [0.25, 0.3) is 5.70 Å². The van der Waals surface area contributed by atoms with Gasteiger partial charge in [-0.1, -0.05) is 54.1 Å². The quantitative estimate of drug-likeness (QED) is 0.553. The molecule has 2 N–H and O–H groups in total. The summed E-state index contributed by atoms with van der Waals surface area (Å²) in [7, 11) is 0. The first kappa shape index (κ1) is 24.8. The Kier molecular flexibility index (Phi) is 7.37. The zero-order valence-corrected chi connectivity index (χ0v) is 21.5. The molecule has 0 radical (unpaired) electrons. The van der Waals surface area contributed by atoms with Crippen LogP contribution in [-0.4, -0.2) is 67.4 Å². The maximum Gasteiger partial charge on any atom is 0.268 e. The average Bonchev–Trinajstić information content (AvgIpc) is 3.36. The van der Waals surface area contributed by atoms with Gasteiger partial charge in [0.1, 0.15) is 11.5 Å². The molecule has 3 heterocycles. The number of hydrogen-bond donors (Lipinski definition) is 2. The number of piperazine rings is 1. The van der Waals surface area contributed by atoms with Crippen molar-refractivity contribution in [3.63, 3.8) is 0 Å². The van der Waals surface area contributed by atoms with Crippen molar-refractivity contribution in [2.24, 2.45) is 9.98 Å². The highest BCUT2D eigenvalue weighted by molar-refractivity contribution is 6.44. The Bertz CT molecular complexity index is 1320. The molecule has 0 saturated carbocycles. The molecular weight excluding hydrogens is 488 g/mol. The number of carbonyl (C=O) groups is 2. The molecular formula is C28H29ClN6O2. The largest absolute Gasteiger partial charge is 0.368 e. The lowest BCUT2D eigenvalue weighted by atomic mass is 10.0. The number of nitrogens with zero attached hydrogens (tertiary/aromatic N) is 4. The number of hydrogen-bond acceptors (Lipinski definition) is 6. The highest BCUT2D eigenvalue weighted by Crippen LogP contribution is 2.31. The fraction of sp³-hybridized carbons (Fsp3) is 0.286. The molecule has 0 atom stereocenters. The van der Waals surface area contributed by atoms with E-state index in [4.69, 9.17) is 21.6 Å². The number of para-hydroxylation sites is 1. The molecule has 3 aliphatic rings. The smallest absolute Gasteiger partial charge is 0.268 e. The fourth-order valence-electron chi connectivity index (χ4n) is 4.67. The van der Waals surface area contributed by atoms with Crippen molar-refractivity contribution < 1.29 is 9.59 Å². The number of aliphatic imine (C=N–C) groups is 2. The van der Waals surface area contributed by atoms with Crippen LogP contribution in [0, 0.1) is 0 Å². The van der Waals surface area contributed by atoms with Crippen molar-refractivity contribution in [3.8, 4) is 0 Å². The van der Waals surface area contributed by atoms with Gasteiger partial charge in [0.25, 0.3) is 5.91 Å². The monoisotopic (exact) mass is 516 g/mol. The molecule has 3 aliphatic heterocycles. The summed E-state index contributed by atoms with van der Waals surface area (Å²) in [5, 5.41) is 6.80. The summed E-state index contributed by atoms with van der Waals surface area (Å²) < 4.78 is 0. The molecule has 0 spiro atoms. The van der Waals surface area contributed by atoms with Crippen molar-refractivity contribution in [2.75, 3.05) is 44.2 Å². The van der Waals surface area contributed by atoms with Gasteiger partial charge in [0.15, 0.2) is 0 Å². The van der Waals surface area contributed by atoms with Gasteiger partial charge in [-0.25, -0.2) is 4.99 Å². The third-order valence-electron chi connectivity index (χ3n) is 6.55. The Labute approximate surface area is 221 Å². The lowest BCUT2D eigenvalue weighted by molar-refractivity contribution is -0.124. The highest BCUT2D eigenvalue weighted by Gasteiger charge is 2.32. The molecule has 0 bridgehead atoms. The lowest BCUT2D eigenvalue weighted by Crippen LogP contribution is -2.51. The molecule has 2 aromatic carbocycles. The molecule has 9 heteroatoms. The van der Waals surface area contributed by atoms with Crippen LogP contribution in [0.2, 0.25) is 5.02 Å². The number of fused-ring (bicyclic) bond motifs is 1. The van der Waals surface area contributed by atoms with Gasteiger partial charge in [0, 0.05) is 63.7 Å². The summed E-state index contributed by atoms with van der Waals surface area (Å²) in [4.78, 5) is 38.5. The van der Waals surface area contributed by atoms with E-state index in [2.05, 4.69) is 15.5 Å². The second kappa shape index (κ2) is 11.0. The van der Waals surface area contributed by atoms with Crippen molar-refractivity contribution >= 4 is 46.2 Å². The second-order valence-corrected chi connectivity index (χ2v) is 9.50. The molecule has 0 aliphatic carbocycles. The van der Waals surface area contributed by atoms with E-state index in [0.717, 1.165) is 28.2 Å². The number of allylic oxidation sites excluding steroid dienone is 2. The van der Waals surface area contributed by atoms with E-state index in [1.807, 2.05) is 65.6 Å². The van der Waals surface area contributed by atoms with E-state index < -0.39 is 0 Å². The van der Waals surface area contributed by atoms with E-state index in [0.29, 0.717) is 62.2 Å². The van der Waals surface area contributed by atoms with Crippen molar-refractivity contribution in [1.82, 2.24) is 15.5 Å². The van der Waals surface area contributed by atoms with Crippen molar-refractivity contribution in [2.45, 2.75) is 13.3 Å². The van der Waals surface area contributed by atoms with Crippen LogP contribution in [-0.2, 0) is 9.59 Å². The van der Waals surface area contributed by atoms with Crippen LogP contribution in [0.3, 0.4) is 0 Å². The lowest BCUT2D eigenvalue weighted by Gasteiger charge is -2.37. The SMILES string of the molecule is CC(=O)NCCNC1=C2C=C(c3ccccc3)N=C2CC(C(=O)N2CCN(c3ccccc3Cl)CC2)=N1. The summed E-state index contributed by atoms with van der Waals surface area (Å²) in [5.41, 5.74) is 5.04. The summed E-state index contributed by atoms with van der Waals surface area (Å²) in [6.45, 7) is 5.01. The number of nitrogens with one attached hydrogen (secondary N) is 2. The molecule has 1 fully saturated rings. The van der Waals surface area contributed by atoms with Crippen LogP contribution in [0.1, 0.15) is 18.9 Å². The van der Waals surface area contributed by atoms with E-state index in [-0.39, 0.29) is 11.8 Å². The maximum absolute atomic E-state index is 13.5. The molecule has 190 valence electrons. The molecule has 8 nitrogen and oxygen atoms in total. The van der Waals surface area contributed by atoms with E-state index in [1.54, 1.807) is 0 Å². The van der Waals surface area contributed by atoms with Crippen LogP contribution in [0.15, 0.2) is 82.1 Å². The molecule has 2 amide bonds. The minimum absolute atomic E-state index is 0.0742. The van der Waals surface area contributed by atoms with Crippen molar-refractivity contribution in [3.05, 3.63) is 82.7 Å². The molecule has 2 aromatic rings. The van der Waals surface area contributed by atoms with E-state index in [1.165, 1.54) is 6.92 Å². The Balaban J connectivity index is 1.32.